The van der Waals surface area contributed by atoms with Crippen molar-refractivity contribution in [3.63, 3.8) is 0 Å². The van der Waals surface area contributed by atoms with E-state index in [1.54, 1.807) is 0 Å². The molecule has 1 unspecified atom stereocenters. The number of morpholine rings is 1. The first-order valence-corrected chi connectivity index (χ1v) is 7.24. The van der Waals surface area contributed by atoms with Gasteiger partial charge in [0.25, 0.3) is 0 Å². The molecule has 104 valence electrons. The molecule has 0 bridgehead atoms. The molecule has 5 heteroatoms. The molecule has 0 aromatic rings. The molecule has 1 saturated heterocycles. The molecule has 18 heavy (non-hydrogen) atoms. The summed E-state index contributed by atoms with van der Waals surface area (Å²) >= 11 is 0. The maximum Gasteiger partial charge on any atom is 0.209 e. The van der Waals surface area contributed by atoms with Crippen molar-refractivity contribution in [3.8, 4) is 0 Å². The number of ether oxygens (including phenoxy) is 1. The normalized spacial score (nSPS) is 27.3. The van der Waals surface area contributed by atoms with E-state index >= 15 is 0 Å². The highest BCUT2D eigenvalue weighted by Crippen LogP contribution is 2.21. The molecular weight excluding hydrogens is 228 g/mol. The Morgan fingerprint density at radius 2 is 2.17 bits per heavy atom. The van der Waals surface area contributed by atoms with Crippen LogP contribution in [0.15, 0.2) is 4.99 Å². The van der Waals surface area contributed by atoms with Crippen LogP contribution < -0.4 is 11.3 Å². The van der Waals surface area contributed by atoms with Crippen molar-refractivity contribution in [1.29, 1.82) is 0 Å². The summed E-state index contributed by atoms with van der Waals surface area (Å²) in [5.74, 6) is 6.53. The molecule has 0 aromatic carbocycles. The van der Waals surface area contributed by atoms with Crippen LogP contribution in [-0.2, 0) is 4.74 Å². The standard InChI is InChI=1S/C13H26N4O/c1-2-12-10-18-9-8-17(12)13(16-14)15-11-6-4-3-5-7-11/h11-12H,2-10,14H2,1H3,(H,15,16). The smallest absolute Gasteiger partial charge is 0.209 e. The van der Waals surface area contributed by atoms with E-state index in [0.717, 1.165) is 32.1 Å². The SMILES string of the molecule is CCC1COCCN1C(=NC1CCCCC1)NN. The molecule has 2 rings (SSSR count). The molecule has 1 aliphatic carbocycles. The lowest BCUT2D eigenvalue weighted by Gasteiger charge is -2.37. The van der Waals surface area contributed by atoms with E-state index in [9.17, 15) is 0 Å². The van der Waals surface area contributed by atoms with Crippen LogP contribution in [0.5, 0.6) is 0 Å². The Bertz CT molecular complexity index is 276. The second-order valence-corrected chi connectivity index (χ2v) is 5.22. The van der Waals surface area contributed by atoms with Gasteiger partial charge in [-0.15, -0.1) is 0 Å². The minimum absolute atomic E-state index is 0.400. The number of hydrogen-bond acceptors (Lipinski definition) is 3. The highest BCUT2D eigenvalue weighted by Gasteiger charge is 2.25. The number of aliphatic imine (C=N–C) groups is 1. The van der Waals surface area contributed by atoms with Crippen molar-refractivity contribution < 1.29 is 4.74 Å². The zero-order chi connectivity index (χ0) is 12.8. The summed E-state index contributed by atoms with van der Waals surface area (Å²) in [6.07, 6.45) is 7.41. The first-order valence-electron chi connectivity index (χ1n) is 7.24. The maximum atomic E-state index is 5.67. The summed E-state index contributed by atoms with van der Waals surface area (Å²) in [7, 11) is 0. The Morgan fingerprint density at radius 3 is 2.83 bits per heavy atom. The van der Waals surface area contributed by atoms with Gasteiger partial charge < -0.3 is 9.64 Å². The molecule has 1 saturated carbocycles. The van der Waals surface area contributed by atoms with E-state index in [4.69, 9.17) is 15.6 Å². The van der Waals surface area contributed by atoms with Crippen LogP contribution in [0, 0.1) is 0 Å². The molecule has 2 aliphatic rings. The molecule has 0 spiro atoms. The van der Waals surface area contributed by atoms with Gasteiger partial charge in [-0.3, -0.25) is 5.43 Å². The van der Waals surface area contributed by atoms with Gasteiger partial charge in [-0.2, -0.15) is 0 Å². The lowest BCUT2D eigenvalue weighted by Crippen LogP contribution is -2.55. The summed E-state index contributed by atoms with van der Waals surface area (Å²) in [5.41, 5.74) is 2.80. The topological polar surface area (TPSA) is 62.9 Å². The van der Waals surface area contributed by atoms with Crippen LogP contribution in [0.3, 0.4) is 0 Å². The predicted octanol–water partition coefficient (Wildman–Crippen LogP) is 1.25. The Kier molecular flexibility index (Phi) is 5.26. The van der Waals surface area contributed by atoms with Gasteiger partial charge in [0, 0.05) is 6.54 Å². The number of nitrogens with zero attached hydrogens (tertiary/aromatic N) is 2. The van der Waals surface area contributed by atoms with Gasteiger partial charge in [0.1, 0.15) is 0 Å². The van der Waals surface area contributed by atoms with Crippen LogP contribution >= 0.6 is 0 Å². The molecular formula is C13H26N4O. The average Bonchev–Trinajstić information content (AvgIpc) is 2.46. The van der Waals surface area contributed by atoms with Gasteiger partial charge in [-0.25, -0.2) is 10.8 Å². The Balaban J connectivity index is 2.02. The lowest BCUT2D eigenvalue weighted by molar-refractivity contribution is 0.0233. The van der Waals surface area contributed by atoms with Gasteiger partial charge in [-0.05, 0) is 19.3 Å². The largest absolute Gasteiger partial charge is 0.377 e. The van der Waals surface area contributed by atoms with Crippen LogP contribution in [0.2, 0.25) is 0 Å². The summed E-state index contributed by atoms with van der Waals surface area (Å²) in [6.45, 7) is 4.61. The highest BCUT2D eigenvalue weighted by atomic mass is 16.5. The van der Waals surface area contributed by atoms with Crippen LogP contribution in [0.25, 0.3) is 0 Å². The number of guanidine groups is 1. The van der Waals surface area contributed by atoms with E-state index in [1.807, 2.05) is 0 Å². The third kappa shape index (κ3) is 3.36. The molecule has 0 amide bonds. The van der Waals surface area contributed by atoms with Gasteiger partial charge >= 0.3 is 0 Å². The summed E-state index contributed by atoms with van der Waals surface area (Å²) < 4.78 is 5.52. The first kappa shape index (κ1) is 13.6. The van der Waals surface area contributed by atoms with Crippen LogP contribution in [-0.4, -0.2) is 42.7 Å². The lowest BCUT2D eigenvalue weighted by atomic mass is 9.96. The van der Waals surface area contributed by atoms with Crippen molar-refractivity contribution in [2.45, 2.75) is 57.5 Å². The molecule has 1 aliphatic heterocycles. The van der Waals surface area contributed by atoms with Crippen molar-refractivity contribution in [3.05, 3.63) is 0 Å². The van der Waals surface area contributed by atoms with Crippen LogP contribution in [0.4, 0.5) is 0 Å². The Labute approximate surface area is 110 Å². The fourth-order valence-corrected chi connectivity index (χ4v) is 2.85. The number of nitrogens with one attached hydrogen (secondary N) is 1. The maximum absolute atomic E-state index is 5.67. The minimum Gasteiger partial charge on any atom is -0.377 e. The molecule has 2 fully saturated rings. The summed E-state index contributed by atoms with van der Waals surface area (Å²) in [4.78, 5) is 7.10. The third-order valence-electron chi connectivity index (χ3n) is 3.98. The quantitative estimate of drug-likeness (QED) is 0.337. The molecule has 0 radical (unpaired) electrons. The third-order valence-corrected chi connectivity index (χ3v) is 3.98. The zero-order valence-electron chi connectivity index (χ0n) is 11.4. The second-order valence-electron chi connectivity index (χ2n) is 5.22. The average molecular weight is 254 g/mol. The number of hydrogen-bond donors (Lipinski definition) is 2. The summed E-state index contributed by atoms with van der Waals surface area (Å²) in [5, 5.41) is 0. The molecule has 3 N–H and O–H groups in total. The van der Waals surface area contributed by atoms with Gasteiger partial charge in [0.2, 0.25) is 5.96 Å². The molecule has 1 heterocycles. The van der Waals surface area contributed by atoms with Gasteiger partial charge in [-0.1, -0.05) is 26.2 Å². The Hall–Kier alpha value is -0.810. The zero-order valence-corrected chi connectivity index (χ0v) is 11.4. The molecule has 0 aromatic heterocycles. The number of rotatable bonds is 2. The van der Waals surface area contributed by atoms with Crippen LogP contribution in [0.1, 0.15) is 45.4 Å². The predicted molar refractivity (Wildman–Crippen MR) is 73.2 cm³/mol. The fraction of sp³-hybridized carbons (Fsp3) is 0.923. The molecule has 1 atom stereocenters. The first-order chi connectivity index (χ1) is 8.85. The van der Waals surface area contributed by atoms with E-state index in [1.165, 1.54) is 32.1 Å². The van der Waals surface area contributed by atoms with Crippen molar-refractivity contribution in [1.82, 2.24) is 10.3 Å². The van der Waals surface area contributed by atoms with Gasteiger partial charge in [0.05, 0.1) is 25.3 Å². The van der Waals surface area contributed by atoms with E-state index in [2.05, 4.69) is 17.2 Å². The van der Waals surface area contributed by atoms with Gasteiger partial charge in [0.15, 0.2) is 0 Å². The second kappa shape index (κ2) is 6.95. The van der Waals surface area contributed by atoms with Crippen molar-refractivity contribution in [2.75, 3.05) is 19.8 Å². The summed E-state index contributed by atoms with van der Waals surface area (Å²) in [6, 6.07) is 0.849. The highest BCUT2D eigenvalue weighted by molar-refractivity contribution is 5.80. The fourth-order valence-electron chi connectivity index (χ4n) is 2.85. The monoisotopic (exact) mass is 254 g/mol. The Morgan fingerprint density at radius 1 is 1.39 bits per heavy atom. The number of nitrogens with two attached hydrogens (primary N) is 1. The van der Waals surface area contributed by atoms with E-state index < -0.39 is 0 Å². The minimum atomic E-state index is 0.400. The number of hydrazine groups is 1. The van der Waals surface area contributed by atoms with E-state index in [-0.39, 0.29) is 0 Å². The van der Waals surface area contributed by atoms with E-state index in [0.29, 0.717) is 12.1 Å². The molecule has 5 nitrogen and oxygen atoms in total. The van der Waals surface area contributed by atoms with Crippen molar-refractivity contribution >= 4 is 5.96 Å². The van der Waals surface area contributed by atoms with Crippen molar-refractivity contribution in [2.24, 2.45) is 10.8 Å².